The van der Waals surface area contributed by atoms with E-state index in [0.29, 0.717) is 11.3 Å². The fourth-order valence-electron chi connectivity index (χ4n) is 1.76. The molecule has 1 amide bonds. The Labute approximate surface area is 122 Å². The number of nitrogens with zero attached hydrogens (tertiary/aromatic N) is 1. The monoisotopic (exact) mass is 308 g/mol. The molecule has 0 aliphatic rings. The normalized spacial score (nSPS) is 12.7. The Bertz CT molecular complexity index is 708. The Kier molecular flexibility index (Phi) is 4.27. The van der Waals surface area contributed by atoms with E-state index >= 15 is 0 Å². The molecule has 1 unspecified atom stereocenters. The maximum atomic E-state index is 12.1. The summed E-state index contributed by atoms with van der Waals surface area (Å²) in [6.07, 6.45) is 4.42. The van der Waals surface area contributed by atoms with Crippen LogP contribution in [0, 0.1) is 0 Å². The molecule has 0 fully saturated rings. The molecule has 7 nitrogen and oxygen atoms in total. The van der Waals surface area contributed by atoms with Crippen molar-refractivity contribution in [1.82, 2.24) is 15.5 Å². The lowest BCUT2D eigenvalue weighted by Gasteiger charge is -2.12. The van der Waals surface area contributed by atoms with Crippen LogP contribution < -0.4 is 10.0 Å². The molecule has 0 spiro atoms. The van der Waals surface area contributed by atoms with Gasteiger partial charge in [0.25, 0.3) is 5.91 Å². The average Bonchev–Trinajstić information content (AvgIpc) is 2.91. The lowest BCUT2D eigenvalue weighted by Crippen LogP contribution is -2.26. The van der Waals surface area contributed by atoms with Crippen molar-refractivity contribution in [2.24, 2.45) is 0 Å². The molecule has 1 atom stereocenters. The van der Waals surface area contributed by atoms with Gasteiger partial charge in [-0.1, -0.05) is 0 Å². The molecule has 2 aromatic rings. The standard InChI is InChI=1S/C13H16N4O3S/c1-9(11-7-14-15-8-11)16-13(18)10-3-5-12(6-4-10)17-21(2,19)20/h3-9,17H,1-2H3,(H,14,15)(H,16,18). The molecule has 1 aromatic heterocycles. The molecule has 3 N–H and O–H groups in total. The second-order valence-corrected chi connectivity index (χ2v) is 6.43. The predicted octanol–water partition coefficient (Wildman–Crippen LogP) is 1.27. The van der Waals surface area contributed by atoms with E-state index in [1.54, 1.807) is 36.7 Å². The zero-order valence-electron chi connectivity index (χ0n) is 11.6. The van der Waals surface area contributed by atoms with Crippen LogP contribution in [-0.2, 0) is 10.0 Å². The molecular formula is C13H16N4O3S. The summed E-state index contributed by atoms with van der Waals surface area (Å²) in [5.41, 5.74) is 1.74. The molecule has 8 heteroatoms. The third-order valence-corrected chi connectivity index (χ3v) is 3.42. The summed E-state index contributed by atoms with van der Waals surface area (Å²) in [7, 11) is -3.32. The highest BCUT2D eigenvalue weighted by molar-refractivity contribution is 7.92. The molecule has 0 aliphatic heterocycles. The minimum atomic E-state index is -3.32. The predicted molar refractivity (Wildman–Crippen MR) is 79.4 cm³/mol. The number of rotatable bonds is 5. The van der Waals surface area contributed by atoms with Gasteiger partial charge >= 0.3 is 0 Å². The van der Waals surface area contributed by atoms with Gasteiger partial charge in [0.2, 0.25) is 10.0 Å². The number of H-pyrrole nitrogens is 1. The molecule has 0 bridgehead atoms. The summed E-state index contributed by atoms with van der Waals surface area (Å²) in [5, 5.41) is 9.34. The topological polar surface area (TPSA) is 104 Å². The first kappa shape index (κ1) is 15.0. The number of carbonyl (C=O) groups is 1. The van der Waals surface area contributed by atoms with Crippen molar-refractivity contribution in [3.63, 3.8) is 0 Å². The third kappa shape index (κ3) is 4.32. The van der Waals surface area contributed by atoms with Gasteiger partial charge in [0.05, 0.1) is 18.5 Å². The summed E-state index contributed by atoms with van der Waals surface area (Å²) in [5.74, 6) is -0.241. The first-order chi connectivity index (χ1) is 9.85. The van der Waals surface area contributed by atoms with Crippen molar-refractivity contribution in [2.45, 2.75) is 13.0 Å². The van der Waals surface area contributed by atoms with E-state index in [-0.39, 0.29) is 11.9 Å². The summed E-state index contributed by atoms with van der Waals surface area (Å²) in [6, 6.07) is 6.03. The average molecular weight is 308 g/mol. The van der Waals surface area contributed by atoms with Gasteiger partial charge < -0.3 is 5.32 Å². The van der Waals surface area contributed by atoms with E-state index in [0.717, 1.165) is 11.8 Å². The molecule has 112 valence electrons. The van der Waals surface area contributed by atoms with E-state index in [1.165, 1.54) is 0 Å². The number of hydrogen-bond acceptors (Lipinski definition) is 4. The number of carbonyl (C=O) groups excluding carboxylic acids is 1. The minimum absolute atomic E-state index is 0.176. The van der Waals surface area contributed by atoms with Gasteiger partial charge in [-0.15, -0.1) is 0 Å². The third-order valence-electron chi connectivity index (χ3n) is 2.82. The van der Waals surface area contributed by atoms with Gasteiger partial charge in [-0.25, -0.2) is 8.42 Å². The van der Waals surface area contributed by atoms with Gasteiger partial charge in [0.1, 0.15) is 0 Å². The summed E-state index contributed by atoms with van der Waals surface area (Å²) in [6.45, 7) is 1.85. The van der Waals surface area contributed by atoms with Crippen molar-refractivity contribution in [2.75, 3.05) is 11.0 Å². The maximum absolute atomic E-state index is 12.1. The molecule has 0 saturated carbocycles. The molecule has 1 aromatic carbocycles. The SMILES string of the molecule is CC(NC(=O)c1ccc(NS(C)(=O)=O)cc1)c1cn[nH]c1. The highest BCUT2D eigenvalue weighted by atomic mass is 32.2. The molecule has 21 heavy (non-hydrogen) atoms. The van der Waals surface area contributed by atoms with E-state index < -0.39 is 10.0 Å². The number of hydrogen-bond donors (Lipinski definition) is 3. The second-order valence-electron chi connectivity index (χ2n) is 4.68. The number of benzene rings is 1. The Hall–Kier alpha value is -2.35. The van der Waals surface area contributed by atoms with Crippen LogP contribution in [0.2, 0.25) is 0 Å². The van der Waals surface area contributed by atoms with Crippen LogP contribution in [0.3, 0.4) is 0 Å². The van der Waals surface area contributed by atoms with Gasteiger partial charge in [0.15, 0.2) is 0 Å². The first-order valence-electron chi connectivity index (χ1n) is 6.22. The van der Waals surface area contributed by atoms with Gasteiger partial charge in [-0.3, -0.25) is 14.6 Å². The largest absolute Gasteiger partial charge is 0.345 e. The van der Waals surface area contributed by atoms with E-state index in [2.05, 4.69) is 20.2 Å². The van der Waals surface area contributed by atoms with E-state index in [1.807, 2.05) is 6.92 Å². The van der Waals surface area contributed by atoms with Crippen LogP contribution in [0.5, 0.6) is 0 Å². The summed E-state index contributed by atoms with van der Waals surface area (Å²) < 4.78 is 24.5. The Morgan fingerprint density at radius 2 is 1.95 bits per heavy atom. The van der Waals surface area contributed by atoms with Crippen LogP contribution in [0.15, 0.2) is 36.7 Å². The number of sulfonamides is 1. The fourth-order valence-corrected chi connectivity index (χ4v) is 2.33. The molecular weight excluding hydrogens is 292 g/mol. The van der Waals surface area contributed by atoms with Crippen LogP contribution >= 0.6 is 0 Å². The van der Waals surface area contributed by atoms with Crippen molar-refractivity contribution in [3.8, 4) is 0 Å². The highest BCUT2D eigenvalue weighted by Gasteiger charge is 2.12. The van der Waals surface area contributed by atoms with Gasteiger partial charge in [-0.05, 0) is 31.2 Å². The smallest absolute Gasteiger partial charge is 0.251 e. The summed E-state index contributed by atoms with van der Waals surface area (Å²) >= 11 is 0. The fraction of sp³-hybridized carbons (Fsp3) is 0.231. The lowest BCUT2D eigenvalue weighted by atomic mass is 10.1. The number of aromatic amines is 1. The Morgan fingerprint density at radius 1 is 1.29 bits per heavy atom. The molecule has 0 radical (unpaired) electrons. The van der Waals surface area contributed by atoms with E-state index in [9.17, 15) is 13.2 Å². The molecule has 0 saturated heterocycles. The van der Waals surface area contributed by atoms with Gasteiger partial charge in [-0.2, -0.15) is 5.10 Å². The van der Waals surface area contributed by atoms with Crippen molar-refractivity contribution < 1.29 is 13.2 Å². The van der Waals surface area contributed by atoms with E-state index in [4.69, 9.17) is 0 Å². The molecule has 0 aliphatic carbocycles. The Balaban J connectivity index is 2.03. The Morgan fingerprint density at radius 3 is 2.48 bits per heavy atom. The maximum Gasteiger partial charge on any atom is 0.251 e. The summed E-state index contributed by atoms with van der Waals surface area (Å²) in [4.78, 5) is 12.1. The van der Waals surface area contributed by atoms with Crippen LogP contribution in [-0.4, -0.2) is 30.8 Å². The zero-order valence-corrected chi connectivity index (χ0v) is 12.4. The zero-order chi connectivity index (χ0) is 15.5. The number of nitrogens with one attached hydrogen (secondary N) is 3. The molecule has 1 heterocycles. The second kappa shape index (κ2) is 5.96. The highest BCUT2D eigenvalue weighted by Crippen LogP contribution is 2.13. The minimum Gasteiger partial charge on any atom is -0.345 e. The molecule has 2 rings (SSSR count). The van der Waals surface area contributed by atoms with Crippen LogP contribution in [0.4, 0.5) is 5.69 Å². The lowest BCUT2D eigenvalue weighted by molar-refractivity contribution is 0.0940. The number of anilines is 1. The van der Waals surface area contributed by atoms with Gasteiger partial charge in [0, 0.05) is 23.0 Å². The van der Waals surface area contributed by atoms with Crippen LogP contribution in [0.1, 0.15) is 28.9 Å². The number of aromatic nitrogens is 2. The number of amides is 1. The van der Waals surface area contributed by atoms with Crippen molar-refractivity contribution >= 4 is 21.6 Å². The van der Waals surface area contributed by atoms with Crippen molar-refractivity contribution in [3.05, 3.63) is 47.8 Å². The van der Waals surface area contributed by atoms with Crippen LogP contribution in [0.25, 0.3) is 0 Å². The first-order valence-corrected chi connectivity index (χ1v) is 8.12. The van der Waals surface area contributed by atoms with Crippen molar-refractivity contribution in [1.29, 1.82) is 0 Å². The quantitative estimate of drug-likeness (QED) is 0.773.